The molecule has 1 atom stereocenters. The molecule has 0 saturated heterocycles. The van der Waals surface area contributed by atoms with Gasteiger partial charge < -0.3 is 18.9 Å². The van der Waals surface area contributed by atoms with Crippen LogP contribution >= 0.6 is 0 Å². The fourth-order valence-electron chi connectivity index (χ4n) is 4.20. The van der Waals surface area contributed by atoms with Crippen LogP contribution in [-0.4, -0.2) is 27.7 Å². The van der Waals surface area contributed by atoms with Crippen LogP contribution in [0.25, 0.3) is 16.8 Å². The lowest BCUT2D eigenvalue weighted by Gasteiger charge is -2.30. The number of carbonyl (C=O) groups excluding carboxylic acids is 1. The van der Waals surface area contributed by atoms with Crippen molar-refractivity contribution in [3.05, 3.63) is 65.7 Å². The predicted octanol–water partition coefficient (Wildman–Crippen LogP) is 5.16. The summed E-state index contributed by atoms with van der Waals surface area (Å²) in [6.07, 6.45) is -0.443. The zero-order valence-corrected chi connectivity index (χ0v) is 19.6. The zero-order valence-electron chi connectivity index (χ0n) is 19.6. The van der Waals surface area contributed by atoms with Crippen LogP contribution in [0.1, 0.15) is 50.0 Å². The Balaban J connectivity index is 2.09. The number of aromatic nitrogens is 2. The van der Waals surface area contributed by atoms with E-state index < -0.39 is 29.4 Å². The molecule has 2 heterocycles. The normalized spacial score (nSPS) is 14.7. The number of nitrogens with two attached hydrogens (primary N) is 1. The number of aryl methyl sites for hydroxylation is 1. The second-order valence-electron chi connectivity index (χ2n) is 9.21. The minimum absolute atomic E-state index is 0.158. The van der Waals surface area contributed by atoms with E-state index in [1.165, 1.54) is 18.6 Å². The van der Waals surface area contributed by atoms with Crippen LogP contribution in [0.4, 0.5) is 13.2 Å². The minimum Gasteiger partial charge on any atom is -0.493 e. The summed E-state index contributed by atoms with van der Waals surface area (Å²) in [5, 5.41) is 0. The molecule has 0 amide bonds. The number of hydrogen-bond acceptors (Lipinski definition) is 6. The molecule has 1 unspecified atom stereocenters. The third-order valence-electron chi connectivity index (χ3n) is 5.57. The molecule has 0 aliphatic carbocycles. The maximum absolute atomic E-state index is 14.4. The van der Waals surface area contributed by atoms with Crippen molar-refractivity contribution in [1.82, 2.24) is 9.55 Å². The number of nitrogens with zero attached hydrogens (tertiary/aromatic N) is 2. The van der Waals surface area contributed by atoms with E-state index >= 15 is 0 Å². The summed E-state index contributed by atoms with van der Waals surface area (Å²) in [5.41, 5.74) is -0.529. The van der Waals surface area contributed by atoms with Crippen molar-refractivity contribution in [2.75, 3.05) is 6.61 Å². The average Bonchev–Trinajstić information content (AvgIpc) is 3.34. The molecule has 0 saturated carbocycles. The van der Waals surface area contributed by atoms with Crippen molar-refractivity contribution in [3.8, 4) is 22.6 Å². The van der Waals surface area contributed by atoms with Crippen LogP contribution in [0.15, 0.2) is 49.1 Å². The quantitative estimate of drug-likeness (QED) is 0.499. The highest BCUT2D eigenvalue weighted by Gasteiger charge is 2.42. The van der Waals surface area contributed by atoms with Gasteiger partial charge in [-0.25, -0.2) is 9.78 Å². The number of hydrogen-bond donors (Lipinski definition) is 1. The molecule has 4 rings (SSSR count). The number of benzene rings is 2. The van der Waals surface area contributed by atoms with Crippen molar-refractivity contribution < 1.29 is 32.3 Å². The summed E-state index contributed by atoms with van der Waals surface area (Å²) in [4.78, 5) is 21.3. The fourth-order valence-corrected chi connectivity index (χ4v) is 4.20. The van der Waals surface area contributed by atoms with E-state index in [1.54, 1.807) is 49.7 Å². The molecule has 1 aliphatic heterocycles. The molecule has 0 radical (unpaired) electrons. The maximum atomic E-state index is 14.4. The summed E-state index contributed by atoms with van der Waals surface area (Å²) in [5.74, 6) is 4.70. The van der Waals surface area contributed by atoms with Gasteiger partial charge in [0, 0.05) is 23.5 Å². The van der Waals surface area contributed by atoms with E-state index in [0.717, 1.165) is 18.1 Å². The van der Waals surface area contributed by atoms with Crippen molar-refractivity contribution in [2.24, 2.45) is 5.90 Å². The second-order valence-corrected chi connectivity index (χ2v) is 9.21. The van der Waals surface area contributed by atoms with Crippen molar-refractivity contribution in [3.63, 3.8) is 0 Å². The molecular formula is C25H26F3N3O4. The molecule has 0 spiro atoms. The topological polar surface area (TPSA) is 88.6 Å². The van der Waals surface area contributed by atoms with Gasteiger partial charge in [0.2, 0.25) is 0 Å². The molecule has 2 N–H and O–H groups in total. The van der Waals surface area contributed by atoms with Crippen molar-refractivity contribution >= 4 is 5.97 Å². The van der Waals surface area contributed by atoms with Gasteiger partial charge in [0.25, 0.3) is 0 Å². The van der Waals surface area contributed by atoms with Crippen LogP contribution in [0.3, 0.4) is 0 Å². The SMILES string of the molecule is CC(C)(C)OC(C(=O)ON)c1c(C(F)(F)F)ccc(-n2ccnc2)c1-c1ccc2c(c1)CCCO2. The highest BCUT2D eigenvalue weighted by atomic mass is 19.4. The van der Waals surface area contributed by atoms with Gasteiger partial charge in [0.15, 0.2) is 6.10 Å². The lowest BCUT2D eigenvalue weighted by atomic mass is 9.88. The molecule has 3 aromatic rings. The molecule has 0 fully saturated rings. The van der Waals surface area contributed by atoms with Crippen molar-refractivity contribution in [1.29, 1.82) is 0 Å². The van der Waals surface area contributed by atoms with E-state index in [1.807, 2.05) is 0 Å². The molecule has 0 bridgehead atoms. The Labute approximate surface area is 200 Å². The molecule has 10 heteroatoms. The van der Waals surface area contributed by atoms with Gasteiger partial charge in [0.05, 0.1) is 29.8 Å². The Hall–Kier alpha value is -3.37. The number of carbonyl (C=O) groups is 1. The standard InChI is InChI=1S/C25H26F3N3O4/c1-24(2,3)34-22(23(32)35-29)21-17(25(26,27)28)7-8-18(31-11-10-30-14-31)20(21)16-6-9-19-15(13-16)5-4-12-33-19/h6-11,13-14,22H,4-5,12,29H2,1-3H3. The van der Waals surface area contributed by atoms with Gasteiger partial charge in [-0.3, -0.25) is 0 Å². The first-order valence-corrected chi connectivity index (χ1v) is 11.1. The third-order valence-corrected chi connectivity index (χ3v) is 5.57. The zero-order chi connectivity index (χ0) is 25.4. The first-order valence-electron chi connectivity index (χ1n) is 11.1. The van der Waals surface area contributed by atoms with Crippen LogP contribution in [-0.2, 0) is 27.0 Å². The Morgan fingerprint density at radius 3 is 2.60 bits per heavy atom. The van der Waals surface area contributed by atoms with Gasteiger partial charge in [-0.1, -0.05) is 6.07 Å². The molecule has 1 aliphatic rings. The monoisotopic (exact) mass is 489 g/mol. The van der Waals surface area contributed by atoms with Crippen molar-refractivity contribution in [2.45, 2.75) is 51.5 Å². The van der Waals surface area contributed by atoms with Gasteiger partial charge in [-0.2, -0.15) is 19.1 Å². The van der Waals surface area contributed by atoms with Crippen LogP contribution < -0.4 is 10.6 Å². The summed E-state index contributed by atoms with van der Waals surface area (Å²) in [6, 6.07) is 7.47. The first kappa shape index (κ1) is 24.7. The Morgan fingerprint density at radius 1 is 1.20 bits per heavy atom. The lowest BCUT2D eigenvalue weighted by Crippen LogP contribution is -2.32. The molecular weight excluding hydrogens is 463 g/mol. The van der Waals surface area contributed by atoms with Crippen LogP contribution in [0.5, 0.6) is 5.75 Å². The van der Waals surface area contributed by atoms with Gasteiger partial charge in [-0.05, 0) is 69.0 Å². The second kappa shape index (κ2) is 9.35. The van der Waals surface area contributed by atoms with Gasteiger partial charge >= 0.3 is 12.1 Å². The highest BCUT2D eigenvalue weighted by molar-refractivity contribution is 5.86. The van der Waals surface area contributed by atoms with Crippen LogP contribution in [0.2, 0.25) is 0 Å². The van der Waals surface area contributed by atoms with E-state index in [4.69, 9.17) is 15.4 Å². The minimum atomic E-state index is -4.79. The Bertz CT molecular complexity index is 1220. The molecule has 35 heavy (non-hydrogen) atoms. The highest BCUT2D eigenvalue weighted by Crippen LogP contribution is 2.45. The largest absolute Gasteiger partial charge is 0.493 e. The van der Waals surface area contributed by atoms with E-state index in [0.29, 0.717) is 30.0 Å². The maximum Gasteiger partial charge on any atom is 0.416 e. The third kappa shape index (κ3) is 5.18. The average molecular weight is 489 g/mol. The van der Waals surface area contributed by atoms with E-state index in [-0.39, 0.29) is 11.1 Å². The number of alkyl halides is 3. The van der Waals surface area contributed by atoms with Crippen LogP contribution in [0, 0.1) is 0 Å². The molecule has 1 aromatic heterocycles. The summed E-state index contributed by atoms with van der Waals surface area (Å²) >= 11 is 0. The smallest absolute Gasteiger partial charge is 0.416 e. The number of rotatable bonds is 5. The predicted molar refractivity (Wildman–Crippen MR) is 122 cm³/mol. The number of halogens is 3. The summed E-state index contributed by atoms with van der Waals surface area (Å²) in [7, 11) is 0. The number of ether oxygens (including phenoxy) is 2. The van der Waals surface area contributed by atoms with E-state index in [9.17, 15) is 18.0 Å². The number of fused-ring (bicyclic) bond motifs is 1. The van der Waals surface area contributed by atoms with Gasteiger partial charge in [-0.15, -0.1) is 0 Å². The Kier molecular flexibility index (Phi) is 6.61. The summed E-state index contributed by atoms with van der Waals surface area (Å²) < 4.78 is 56.2. The fraction of sp³-hybridized carbons (Fsp3) is 0.360. The molecule has 7 nitrogen and oxygen atoms in total. The Morgan fingerprint density at radius 2 is 1.97 bits per heavy atom. The first-order chi connectivity index (χ1) is 16.5. The lowest BCUT2D eigenvalue weighted by molar-refractivity contribution is -0.169. The molecule has 186 valence electrons. The molecule has 2 aromatic carbocycles. The number of imidazole rings is 1. The summed E-state index contributed by atoms with van der Waals surface area (Å²) in [6.45, 7) is 5.47. The van der Waals surface area contributed by atoms with Gasteiger partial charge in [0.1, 0.15) is 5.75 Å². The van der Waals surface area contributed by atoms with E-state index in [2.05, 4.69) is 9.82 Å².